The van der Waals surface area contributed by atoms with Crippen molar-refractivity contribution >= 4 is 15.9 Å². The molecule has 0 saturated heterocycles. The van der Waals surface area contributed by atoms with E-state index in [1.54, 1.807) is 0 Å². The highest BCUT2D eigenvalue weighted by Gasteiger charge is 1.97. The van der Waals surface area contributed by atoms with Crippen molar-refractivity contribution in [2.24, 2.45) is 0 Å². The second-order valence-corrected chi connectivity index (χ2v) is 3.75. The lowest BCUT2D eigenvalue weighted by Crippen LogP contribution is -1.97. The van der Waals surface area contributed by atoms with Crippen LogP contribution < -0.4 is 4.74 Å². The molecule has 1 heterocycles. The molecule has 17 heavy (non-hydrogen) atoms. The topological polar surface area (TPSA) is 22.1 Å². The highest BCUT2D eigenvalue weighted by atomic mass is 79.9. The normalized spacial score (nSPS) is 9.24. The van der Waals surface area contributed by atoms with Crippen molar-refractivity contribution in [2.75, 3.05) is 0 Å². The SMILES string of the molecule is BrC#Cc1cccc(OCc2ccccc2)n1. The zero-order valence-electron chi connectivity index (χ0n) is 9.06. The minimum atomic E-state index is 0.513. The van der Waals surface area contributed by atoms with Crippen LogP contribution in [0, 0.1) is 10.8 Å². The van der Waals surface area contributed by atoms with Crippen LogP contribution in [0.5, 0.6) is 5.88 Å². The van der Waals surface area contributed by atoms with Crippen LogP contribution in [0.2, 0.25) is 0 Å². The summed E-state index contributed by atoms with van der Waals surface area (Å²) in [7, 11) is 0. The van der Waals surface area contributed by atoms with E-state index in [4.69, 9.17) is 4.74 Å². The Labute approximate surface area is 109 Å². The minimum absolute atomic E-state index is 0.513. The van der Waals surface area contributed by atoms with Gasteiger partial charge in [0.05, 0.1) is 0 Å². The Balaban J connectivity index is 2.03. The molecule has 0 radical (unpaired) electrons. The molecule has 0 aliphatic carbocycles. The van der Waals surface area contributed by atoms with Gasteiger partial charge >= 0.3 is 0 Å². The molecule has 2 nitrogen and oxygen atoms in total. The van der Waals surface area contributed by atoms with E-state index in [1.165, 1.54) is 0 Å². The highest BCUT2D eigenvalue weighted by molar-refractivity contribution is 9.12. The Morgan fingerprint density at radius 3 is 2.65 bits per heavy atom. The predicted molar refractivity (Wildman–Crippen MR) is 70.8 cm³/mol. The van der Waals surface area contributed by atoms with E-state index in [1.807, 2.05) is 48.5 Å². The molecule has 1 aromatic heterocycles. The molecule has 0 aliphatic rings. The van der Waals surface area contributed by atoms with E-state index in [-0.39, 0.29) is 0 Å². The number of nitrogens with zero attached hydrogens (tertiary/aromatic N) is 1. The number of pyridine rings is 1. The quantitative estimate of drug-likeness (QED) is 0.808. The Morgan fingerprint density at radius 1 is 1.06 bits per heavy atom. The largest absolute Gasteiger partial charge is 0.473 e. The Bertz CT molecular complexity index is 543. The van der Waals surface area contributed by atoms with E-state index < -0.39 is 0 Å². The molecule has 1 aromatic carbocycles. The monoisotopic (exact) mass is 287 g/mol. The molecular weight excluding hydrogens is 278 g/mol. The predicted octanol–water partition coefficient (Wildman–Crippen LogP) is 3.36. The lowest BCUT2D eigenvalue weighted by Gasteiger charge is -2.05. The van der Waals surface area contributed by atoms with Gasteiger partial charge in [0, 0.05) is 22.0 Å². The molecule has 3 heteroatoms. The van der Waals surface area contributed by atoms with Crippen LogP contribution in [0.1, 0.15) is 11.3 Å². The fourth-order valence-electron chi connectivity index (χ4n) is 1.34. The number of halogens is 1. The van der Waals surface area contributed by atoms with Crippen molar-refractivity contribution in [3.8, 4) is 16.6 Å². The molecular formula is C14H10BrNO. The first-order chi connectivity index (χ1) is 8.38. The third-order valence-electron chi connectivity index (χ3n) is 2.13. The summed E-state index contributed by atoms with van der Waals surface area (Å²) in [4.78, 5) is 6.88. The van der Waals surface area contributed by atoms with Gasteiger partial charge in [0.15, 0.2) is 0 Å². The van der Waals surface area contributed by atoms with Crippen molar-refractivity contribution in [1.82, 2.24) is 4.98 Å². The van der Waals surface area contributed by atoms with Gasteiger partial charge in [-0.3, -0.25) is 0 Å². The number of hydrogen-bond acceptors (Lipinski definition) is 2. The Kier molecular flexibility index (Phi) is 4.17. The van der Waals surface area contributed by atoms with Gasteiger partial charge in [-0.25, -0.2) is 4.98 Å². The van der Waals surface area contributed by atoms with Crippen LogP contribution in [0.25, 0.3) is 0 Å². The number of rotatable bonds is 3. The van der Waals surface area contributed by atoms with Crippen LogP contribution >= 0.6 is 15.9 Å². The van der Waals surface area contributed by atoms with Gasteiger partial charge in [-0.05, 0) is 22.4 Å². The number of benzene rings is 1. The molecule has 0 aliphatic heterocycles. The van der Waals surface area contributed by atoms with Crippen LogP contribution in [-0.4, -0.2) is 4.98 Å². The van der Waals surface area contributed by atoms with Gasteiger partial charge in [0.1, 0.15) is 12.3 Å². The van der Waals surface area contributed by atoms with E-state index in [0.717, 1.165) is 5.56 Å². The van der Waals surface area contributed by atoms with Crippen LogP contribution in [-0.2, 0) is 6.61 Å². The minimum Gasteiger partial charge on any atom is -0.473 e. The maximum atomic E-state index is 5.58. The van der Waals surface area contributed by atoms with Crippen molar-refractivity contribution < 1.29 is 4.74 Å². The van der Waals surface area contributed by atoms with Gasteiger partial charge in [-0.2, -0.15) is 0 Å². The fourth-order valence-corrected chi connectivity index (χ4v) is 1.55. The maximum Gasteiger partial charge on any atom is 0.214 e. The molecule has 0 spiro atoms. The molecule has 0 fully saturated rings. The average Bonchev–Trinajstić information content (AvgIpc) is 2.39. The fraction of sp³-hybridized carbons (Fsp3) is 0.0714. The number of ether oxygens (including phenoxy) is 1. The van der Waals surface area contributed by atoms with Crippen LogP contribution in [0.4, 0.5) is 0 Å². The van der Waals surface area contributed by atoms with Crippen LogP contribution in [0.3, 0.4) is 0 Å². The Hall–Kier alpha value is -1.79. The van der Waals surface area contributed by atoms with E-state index in [2.05, 4.69) is 31.7 Å². The molecule has 84 valence electrons. The summed E-state index contributed by atoms with van der Waals surface area (Å²) >= 11 is 3.04. The third kappa shape index (κ3) is 3.61. The second kappa shape index (κ2) is 6.07. The summed E-state index contributed by atoms with van der Waals surface area (Å²) in [5.41, 5.74) is 1.80. The van der Waals surface area contributed by atoms with Crippen molar-refractivity contribution in [1.29, 1.82) is 0 Å². The molecule has 0 saturated carbocycles. The summed E-state index contributed by atoms with van der Waals surface area (Å²) in [5.74, 6) is 3.41. The molecule has 0 unspecified atom stereocenters. The molecule has 0 amide bonds. The summed E-state index contributed by atoms with van der Waals surface area (Å²) in [5, 5.41) is 0. The van der Waals surface area contributed by atoms with Gasteiger partial charge < -0.3 is 4.74 Å². The van der Waals surface area contributed by atoms with Crippen molar-refractivity contribution in [2.45, 2.75) is 6.61 Å². The molecule has 2 aromatic rings. The lowest BCUT2D eigenvalue weighted by molar-refractivity contribution is 0.293. The first-order valence-electron chi connectivity index (χ1n) is 5.14. The van der Waals surface area contributed by atoms with Gasteiger partial charge in [0.2, 0.25) is 5.88 Å². The standard InChI is InChI=1S/C14H10BrNO/c15-10-9-13-7-4-8-14(16-13)17-11-12-5-2-1-3-6-12/h1-8H,11H2. The van der Waals surface area contributed by atoms with E-state index >= 15 is 0 Å². The van der Waals surface area contributed by atoms with E-state index in [9.17, 15) is 0 Å². The zero-order chi connectivity index (χ0) is 11.9. The molecule has 2 rings (SSSR count). The second-order valence-electron chi connectivity index (χ2n) is 3.35. The first kappa shape index (κ1) is 11.7. The van der Waals surface area contributed by atoms with Gasteiger partial charge in [-0.15, -0.1) is 0 Å². The molecule has 0 N–H and O–H groups in total. The van der Waals surface area contributed by atoms with Gasteiger partial charge in [0.25, 0.3) is 0 Å². The van der Waals surface area contributed by atoms with E-state index in [0.29, 0.717) is 18.2 Å². The van der Waals surface area contributed by atoms with Crippen LogP contribution in [0.15, 0.2) is 48.5 Å². The maximum absolute atomic E-state index is 5.58. The smallest absolute Gasteiger partial charge is 0.214 e. The van der Waals surface area contributed by atoms with Gasteiger partial charge in [-0.1, -0.05) is 36.4 Å². The summed E-state index contributed by atoms with van der Waals surface area (Å²) in [6.45, 7) is 0.513. The highest BCUT2D eigenvalue weighted by Crippen LogP contribution is 2.10. The van der Waals surface area contributed by atoms with Crippen molar-refractivity contribution in [3.63, 3.8) is 0 Å². The van der Waals surface area contributed by atoms with Crippen molar-refractivity contribution in [3.05, 3.63) is 59.8 Å². The summed E-state index contributed by atoms with van der Waals surface area (Å²) in [6, 6.07) is 15.5. The number of aromatic nitrogens is 1. The summed E-state index contributed by atoms with van der Waals surface area (Å²) < 4.78 is 5.58. The average molecular weight is 288 g/mol. The third-order valence-corrected chi connectivity index (χ3v) is 2.33. The zero-order valence-corrected chi connectivity index (χ0v) is 10.6. The first-order valence-corrected chi connectivity index (χ1v) is 5.93. The Morgan fingerprint density at radius 2 is 1.88 bits per heavy atom. The summed E-state index contributed by atoms with van der Waals surface area (Å²) in [6.07, 6.45) is 0. The molecule has 0 bridgehead atoms. The molecule has 0 atom stereocenters. The lowest BCUT2D eigenvalue weighted by atomic mass is 10.2. The number of hydrogen-bond donors (Lipinski definition) is 0.